The average molecular weight is 289 g/mol. The van der Waals surface area contributed by atoms with Crippen molar-refractivity contribution in [1.29, 1.82) is 0 Å². The maximum Gasteiger partial charge on any atom is 0.223 e. The summed E-state index contributed by atoms with van der Waals surface area (Å²) in [6.07, 6.45) is 6.14. The number of amides is 1. The predicted octanol–water partition coefficient (Wildman–Crippen LogP) is 3.78. The van der Waals surface area contributed by atoms with Crippen LogP contribution in [0.2, 0.25) is 0 Å². The highest BCUT2D eigenvalue weighted by molar-refractivity contribution is 7.10. The summed E-state index contributed by atoms with van der Waals surface area (Å²) in [5.41, 5.74) is 0. The van der Waals surface area contributed by atoms with Gasteiger partial charge in [-0.05, 0) is 36.4 Å². The summed E-state index contributed by atoms with van der Waals surface area (Å²) in [7, 11) is 0. The molecule has 1 fully saturated rings. The Hall–Kier alpha value is -1.55. The first-order valence-corrected chi connectivity index (χ1v) is 8.07. The molecule has 20 heavy (non-hydrogen) atoms. The lowest BCUT2D eigenvalue weighted by Crippen LogP contribution is -2.32. The molecule has 106 valence electrons. The third-order valence-corrected chi connectivity index (χ3v) is 4.97. The Kier molecular flexibility index (Phi) is 4.21. The van der Waals surface area contributed by atoms with Crippen LogP contribution >= 0.6 is 11.3 Å². The van der Waals surface area contributed by atoms with Crippen LogP contribution in [0, 0.1) is 5.92 Å². The zero-order valence-electron chi connectivity index (χ0n) is 11.4. The number of nitrogens with one attached hydrogen (secondary N) is 1. The van der Waals surface area contributed by atoms with Crippen molar-refractivity contribution < 1.29 is 9.21 Å². The molecule has 0 aromatic carbocycles. The molecule has 1 amide bonds. The van der Waals surface area contributed by atoms with Crippen molar-refractivity contribution in [2.45, 2.75) is 31.6 Å². The van der Waals surface area contributed by atoms with Crippen LogP contribution in [-0.2, 0) is 4.79 Å². The molecular formula is C16H19NO2S. The van der Waals surface area contributed by atoms with Gasteiger partial charge in [0.15, 0.2) is 0 Å². The van der Waals surface area contributed by atoms with Crippen LogP contribution in [0.25, 0.3) is 0 Å². The summed E-state index contributed by atoms with van der Waals surface area (Å²) >= 11 is 1.70. The Morgan fingerprint density at radius 3 is 2.85 bits per heavy atom. The van der Waals surface area contributed by atoms with Gasteiger partial charge < -0.3 is 9.73 Å². The van der Waals surface area contributed by atoms with Crippen molar-refractivity contribution in [2.75, 3.05) is 6.54 Å². The van der Waals surface area contributed by atoms with Gasteiger partial charge in [-0.25, -0.2) is 0 Å². The first-order chi connectivity index (χ1) is 9.84. The summed E-state index contributed by atoms with van der Waals surface area (Å²) in [5.74, 6) is 1.46. The van der Waals surface area contributed by atoms with E-state index in [1.165, 1.54) is 17.7 Å². The molecule has 2 heterocycles. The van der Waals surface area contributed by atoms with Gasteiger partial charge in [-0.3, -0.25) is 4.79 Å². The predicted molar refractivity (Wildman–Crippen MR) is 79.8 cm³/mol. The van der Waals surface area contributed by atoms with E-state index in [1.54, 1.807) is 17.6 Å². The molecule has 1 aliphatic rings. The van der Waals surface area contributed by atoms with Crippen LogP contribution in [0.1, 0.15) is 42.2 Å². The van der Waals surface area contributed by atoms with Gasteiger partial charge in [-0.2, -0.15) is 0 Å². The van der Waals surface area contributed by atoms with Gasteiger partial charge in [0.05, 0.1) is 12.2 Å². The van der Waals surface area contributed by atoms with Crippen molar-refractivity contribution >= 4 is 17.2 Å². The van der Waals surface area contributed by atoms with E-state index in [9.17, 15) is 4.79 Å². The van der Waals surface area contributed by atoms with Gasteiger partial charge in [0, 0.05) is 17.3 Å². The Bertz CT molecular complexity index is 493. The first kappa shape index (κ1) is 13.4. The van der Waals surface area contributed by atoms with Gasteiger partial charge in [-0.15, -0.1) is 11.3 Å². The molecule has 0 saturated heterocycles. The van der Waals surface area contributed by atoms with Crippen LogP contribution in [0.3, 0.4) is 0 Å². The van der Waals surface area contributed by atoms with E-state index in [1.807, 2.05) is 18.2 Å². The summed E-state index contributed by atoms with van der Waals surface area (Å²) < 4.78 is 5.53. The molecule has 3 rings (SSSR count). The molecule has 0 aliphatic heterocycles. The zero-order chi connectivity index (χ0) is 13.8. The number of carbonyl (C=O) groups excluding carboxylic acids is 1. The summed E-state index contributed by atoms with van der Waals surface area (Å²) in [6.45, 7) is 0.614. The lowest BCUT2D eigenvalue weighted by molar-refractivity contribution is -0.124. The van der Waals surface area contributed by atoms with Crippen LogP contribution in [0.5, 0.6) is 0 Å². The Morgan fingerprint density at radius 2 is 2.20 bits per heavy atom. The van der Waals surface area contributed by atoms with Crippen molar-refractivity contribution in [1.82, 2.24) is 5.32 Å². The topological polar surface area (TPSA) is 42.2 Å². The number of hydrogen-bond donors (Lipinski definition) is 1. The molecule has 4 heteroatoms. The molecule has 1 saturated carbocycles. The van der Waals surface area contributed by atoms with Crippen LogP contribution < -0.4 is 5.32 Å². The summed E-state index contributed by atoms with van der Waals surface area (Å²) in [4.78, 5) is 13.4. The molecule has 1 N–H and O–H groups in total. The van der Waals surface area contributed by atoms with Gasteiger partial charge in [0.25, 0.3) is 0 Å². The monoisotopic (exact) mass is 289 g/mol. The van der Waals surface area contributed by atoms with Gasteiger partial charge in [0.1, 0.15) is 5.76 Å². The fourth-order valence-electron chi connectivity index (χ4n) is 2.86. The number of rotatable bonds is 5. The normalized spacial score (nSPS) is 17.2. The zero-order valence-corrected chi connectivity index (χ0v) is 12.2. The van der Waals surface area contributed by atoms with Crippen molar-refractivity contribution in [3.05, 3.63) is 46.5 Å². The largest absolute Gasteiger partial charge is 0.469 e. The molecular weight excluding hydrogens is 270 g/mol. The smallest absolute Gasteiger partial charge is 0.223 e. The molecule has 0 spiro atoms. The fourth-order valence-corrected chi connectivity index (χ4v) is 3.69. The van der Waals surface area contributed by atoms with E-state index in [0.29, 0.717) is 6.54 Å². The lowest BCUT2D eigenvalue weighted by Gasteiger charge is -2.16. The number of thiophene rings is 1. The molecule has 1 aliphatic carbocycles. The van der Waals surface area contributed by atoms with Crippen molar-refractivity contribution in [2.24, 2.45) is 5.92 Å². The van der Waals surface area contributed by atoms with E-state index < -0.39 is 0 Å². The quantitative estimate of drug-likeness (QED) is 0.910. The Morgan fingerprint density at radius 1 is 1.35 bits per heavy atom. The number of carbonyl (C=O) groups is 1. The van der Waals surface area contributed by atoms with Gasteiger partial charge >= 0.3 is 0 Å². The standard InChI is InChI=1S/C16H19NO2S/c18-16(12-5-1-2-6-12)17-11-13(14-7-3-9-19-14)15-8-4-10-20-15/h3-4,7-10,12-13H,1-2,5-6,11H2,(H,17,18)/t13-/m1/s1. The van der Waals surface area contributed by atoms with E-state index in [0.717, 1.165) is 18.6 Å². The SMILES string of the molecule is O=C(NC[C@H](c1ccco1)c1cccs1)C1CCCC1. The molecule has 2 aromatic rings. The highest BCUT2D eigenvalue weighted by Gasteiger charge is 2.24. The van der Waals surface area contributed by atoms with Crippen LogP contribution in [0.4, 0.5) is 0 Å². The van der Waals surface area contributed by atoms with Gasteiger partial charge in [-0.1, -0.05) is 18.9 Å². The first-order valence-electron chi connectivity index (χ1n) is 7.19. The fraction of sp³-hybridized carbons (Fsp3) is 0.438. The third-order valence-electron chi connectivity index (χ3n) is 3.98. The highest BCUT2D eigenvalue weighted by Crippen LogP contribution is 2.29. The maximum atomic E-state index is 12.2. The van der Waals surface area contributed by atoms with Crippen LogP contribution in [-0.4, -0.2) is 12.5 Å². The van der Waals surface area contributed by atoms with Crippen molar-refractivity contribution in [3.8, 4) is 0 Å². The second kappa shape index (κ2) is 6.27. The van der Waals surface area contributed by atoms with Gasteiger partial charge in [0.2, 0.25) is 5.91 Å². The van der Waals surface area contributed by atoms with E-state index in [2.05, 4.69) is 16.8 Å². The molecule has 0 radical (unpaired) electrons. The van der Waals surface area contributed by atoms with Crippen molar-refractivity contribution in [3.63, 3.8) is 0 Å². The second-order valence-electron chi connectivity index (χ2n) is 5.31. The van der Waals surface area contributed by atoms with Crippen LogP contribution in [0.15, 0.2) is 40.3 Å². The molecule has 0 unspecified atom stereocenters. The number of furan rings is 1. The number of hydrogen-bond acceptors (Lipinski definition) is 3. The summed E-state index contributed by atoms with van der Waals surface area (Å²) in [5, 5.41) is 5.17. The van der Waals surface area contributed by atoms with E-state index in [-0.39, 0.29) is 17.7 Å². The molecule has 3 nitrogen and oxygen atoms in total. The molecule has 2 aromatic heterocycles. The summed E-state index contributed by atoms with van der Waals surface area (Å²) in [6, 6.07) is 8.01. The maximum absolute atomic E-state index is 12.2. The average Bonchev–Trinajstić information content (AvgIpc) is 3.22. The highest BCUT2D eigenvalue weighted by atomic mass is 32.1. The molecule has 0 bridgehead atoms. The lowest BCUT2D eigenvalue weighted by atomic mass is 10.0. The second-order valence-corrected chi connectivity index (χ2v) is 6.29. The van der Waals surface area contributed by atoms with E-state index >= 15 is 0 Å². The Balaban J connectivity index is 1.66. The minimum Gasteiger partial charge on any atom is -0.469 e. The Labute approximate surface area is 123 Å². The minimum absolute atomic E-state index is 0.121. The molecule has 1 atom stereocenters. The minimum atomic E-state index is 0.121. The van der Waals surface area contributed by atoms with E-state index in [4.69, 9.17) is 4.42 Å². The third kappa shape index (κ3) is 2.96.